The molecular weight excluding hydrogens is 192 g/mol. The molecule has 3 unspecified atom stereocenters. The summed E-state index contributed by atoms with van der Waals surface area (Å²) in [5.41, 5.74) is 1.09. The van der Waals surface area contributed by atoms with E-state index in [0.29, 0.717) is 19.1 Å². The number of rotatable bonds is 3. The van der Waals surface area contributed by atoms with Crippen molar-refractivity contribution in [2.45, 2.75) is 32.0 Å². The fourth-order valence-corrected chi connectivity index (χ4v) is 2.10. The van der Waals surface area contributed by atoms with Crippen LogP contribution in [-0.2, 0) is 18.2 Å². The van der Waals surface area contributed by atoms with E-state index < -0.39 is 0 Å². The number of aliphatic hydroxyl groups excluding tert-OH is 1. The zero-order valence-electron chi connectivity index (χ0n) is 9.26. The fourth-order valence-electron chi connectivity index (χ4n) is 2.10. The van der Waals surface area contributed by atoms with E-state index in [9.17, 15) is 5.11 Å². The second kappa shape index (κ2) is 4.33. The van der Waals surface area contributed by atoms with E-state index in [0.717, 1.165) is 12.0 Å². The molecule has 1 saturated heterocycles. The lowest BCUT2D eigenvalue weighted by Gasteiger charge is -2.15. The quantitative estimate of drug-likeness (QED) is 0.800. The van der Waals surface area contributed by atoms with Gasteiger partial charge in [0, 0.05) is 25.6 Å². The fraction of sp³-hybridized carbons (Fsp3) is 0.727. The molecule has 2 rings (SSSR count). The van der Waals surface area contributed by atoms with Crippen molar-refractivity contribution in [3.8, 4) is 0 Å². The van der Waals surface area contributed by atoms with Crippen LogP contribution in [-0.4, -0.2) is 33.7 Å². The maximum Gasteiger partial charge on any atom is 0.0632 e. The molecule has 4 heteroatoms. The van der Waals surface area contributed by atoms with Crippen LogP contribution in [0.2, 0.25) is 0 Å². The molecule has 4 nitrogen and oxygen atoms in total. The molecule has 1 aromatic rings. The van der Waals surface area contributed by atoms with Crippen LogP contribution in [0.15, 0.2) is 12.4 Å². The normalized spacial score (nSPS) is 28.2. The molecule has 0 spiro atoms. The Kier molecular flexibility index (Phi) is 3.07. The second-order valence-corrected chi connectivity index (χ2v) is 4.43. The number of hydrogen-bond acceptors (Lipinski definition) is 3. The Morgan fingerprint density at radius 2 is 2.53 bits per heavy atom. The van der Waals surface area contributed by atoms with E-state index >= 15 is 0 Å². The number of nitrogens with zero attached hydrogens (tertiary/aromatic N) is 2. The molecule has 1 aromatic heterocycles. The molecule has 1 aliphatic rings. The number of aromatic nitrogens is 2. The molecule has 0 amide bonds. The molecule has 0 bridgehead atoms. The van der Waals surface area contributed by atoms with E-state index in [2.05, 4.69) is 12.0 Å². The third-order valence-corrected chi connectivity index (χ3v) is 2.98. The lowest BCUT2D eigenvalue weighted by atomic mass is 9.95. The van der Waals surface area contributed by atoms with Crippen molar-refractivity contribution >= 4 is 0 Å². The molecule has 0 radical (unpaired) electrons. The van der Waals surface area contributed by atoms with Gasteiger partial charge >= 0.3 is 0 Å². The summed E-state index contributed by atoms with van der Waals surface area (Å²) in [6, 6.07) is 0. The summed E-state index contributed by atoms with van der Waals surface area (Å²) in [6.45, 7) is 2.74. The van der Waals surface area contributed by atoms with Crippen LogP contribution in [0, 0.1) is 5.92 Å². The monoisotopic (exact) mass is 210 g/mol. The van der Waals surface area contributed by atoms with Crippen molar-refractivity contribution in [2.75, 3.05) is 6.61 Å². The SMILES string of the molecule is CC1CC(C(O)Cc2cnn(C)c2)CO1. The topological polar surface area (TPSA) is 47.3 Å². The van der Waals surface area contributed by atoms with E-state index in [1.165, 1.54) is 0 Å². The van der Waals surface area contributed by atoms with Crippen molar-refractivity contribution in [3.63, 3.8) is 0 Å². The Labute approximate surface area is 89.9 Å². The van der Waals surface area contributed by atoms with Gasteiger partial charge in [-0.15, -0.1) is 0 Å². The summed E-state index contributed by atoms with van der Waals surface area (Å²) in [7, 11) is 1.89. The maximum absolute atomic E-state index is 10.0. The van der Waals surface area contributed by atoms with Crippen LogP contribution in [0.1, 0.15) is 18.9 Å². The standard InChI is InChI=1S/C11H18N2O2/c1-8-3-10(7-15-8)11(14)4-9-5-12-13(2)6-9/h5-6,8,10-11,14H,3-4,7H2,1-2H3. The van der Waals surface area contributed by atoms with E-state index in [1.807, 2.05) is 19.4 Å². The van der Waals surface area contributed by atoms with E-state index in [4.69, 9.17) is 4.74 Å². The first-order chi connectivity index (χ1) is 7.15. The molecule has 3 atom stereocenters. The highest BCUT2D eigenvalue weighted by molar-refractivity contribution is 5.05. The van der Waals surface area contributed by atoms with Crippen LogP contribution < -0.4 is 0 Å². The van der Waals surface area contributed by atoms with Gasteiger partial charge in [-0.1, -0.05) is 0 Å². The minimum atomic E-state index is -0.306. The third-order valence-electron chi connectivity index (χ3n) is 2.98. The largest absolute Gasteiger partial charge is 0.392 e. The average Bonchev–Trinajstić information content (AvgIpc) is 2.75. The first-order valence-electron chi connectivity index (χ1n) is 5.42. The van der Waals surface area contributed by atoms with Crippen LogP contribution >= 0.6 is 0 Å². The third kappa shape index (κ3) is 2.58. The Balaban J connectivity index is 1.89. The van der Waals surface area contributed by atoms with Crippen molar-refractivity contribution in [3.05, 3.63) is 18.0 Å². The molecule has 84 valence electrons. The molecule has 1 aliphatic heterocycles. The second-order valence-electron chi connectivity index (χ2n) is 4.43. The van der Waals surface area contributed by atoms with Crippen LogP contribution in [0.3, 0.4) is 0 Å². The van der Waals surface area contributed by atoms with Gasteiger partial charge in [-0.05, 0) is 18.9 Å². The highest BCUT2D eigenvalue weighted by atomic mass is 16.5. The number of hydrogen-bond donors (Lipinski definition) is 1. The molecule has 0 aromatic carbocycles. The molecule has 1 N–H and O–H groups in total. The summed E-state index contributed by atoms with van der Waals surface area (Å²) >= 11 is 0. The smallest absolute Gasteiger partial charge is 0.0632 e. The summed E-state index contributed by atoms with van der Waals surface area (Å²) in [6.07, 6.45) is 5.37. The van der Waals surface area contributed by atoms with Crippen LogP contribution in [0.4, 0.5) is 0 Å². The van der Waals surface area contributed by atoms with Gasteiger partial charge in [0.15, 0.2) is 0 Å². The highest BCUT2D eigenvalue weighted by Gasteiger charge is 2.28. The van der Waals surface area contributed by atoms with Gasteiger partial charge in [0.05, 0.1) is 25.0 Å². The Bertz CT molecular complexity index is 324. The first kappa shape index (κ1) is 10.6. The van der Waals surface area contributed by atoms with Gasteiger partial charge in [-0.2, -0.15) is 5.10 Å². The van der Waals surface area contributed by atoms with Crippen molar-refractivity contribution < 1.29 is 9.84 Å². The zero-order chi connectivity index (χ0) is 10.8. The molecular formula is C11H18N2O2. The Morgan fingerprint density at radius 1 is 1.73 bits per heavy atom. The highest BCUT2D eigenvalue weighted by Crippen LogP contribution is 2.24. The number of aryl methyl sites for hydroxylation is 1. The minimum absolute atomic E-state index is 0.278. The molecule has 1 fully saturated rings. The minimum Gasteiger partial charge on any atom is -0.392 e. The van der Waals surface area contributed by atoms with Gasteiger partial charge in [-0.25, -0.2) is 0 Å². The van der Waals surface area contributed by atoms with Crippen molar-refractivity contribution in [1.29, 1.82) is 0 Å². The van der Waals surface area contributed by atoms with Crippen molar-refractivity contribution in [2.24, 2.45) is 13.0 Å². The average molecular weight is 210 g/mol. The first-order valence-corrected chi connectivity index (χ1v) is 5.42. The van der Waals surface area contributed by atoms with Gasteiger partial charge in [0.25, 0.3) is 0 Å². The van der Waals surface area contributed by atoms with E-state index in [-0.39, 0.29) is 12.0 Å². The Hall–Kier alpha value is -0.870. The molecule has 2 heterocycles. The summed E-state index contributed by atoms with van der Waals surface area (Å²) in [4.78, 5) is 0. The summed E-state index contributed by atoms with van der Waals surface area (Å²) in [5.74, 6) is 0.278. The van der Waals surface area contributed by atoms with Gasteiger partial charge in [0.2, 0.25) is 0 Å². The van der Waals surface area contributed by atoms with Gasteiger partial charge in [-0.3, -0.25) is 4.68 Å². The van der Waals surface area contributed by atoms with Crippen LogP contribution in [0.5, 0.6) is 0 Å². The molecule has 0 saturated carbocycles. The maximum atomic E-state index is 10.0. The predicted octanol–water partition coefficient (Wildman–Crippen LogP) is 0.748. The molecule has 15 heavy (non-hydrogen) atoms. The zero-order valence-corrected chi connectivity index (χ0v) is 9.26. The predicted molar refractivity (Wildman–Crippen MR) is 56.4 cm³/mol. The number of aliphatic hydroxyl groups is 1. The van der Waals surface area contributed by atoms with E-state index in [1.54, 1.807) is 4.68 Å². The van der Waals surface area contributed by atoms with Gasteiger partial charge < -0.3 is 9.84 Å². The van der Waals surface area contributed by atoms with Crippen LogP contribution in [0.25, 0.3) is 0 Å². The lowest BCUT2D eigenvalue weighted by molar-refractivity contribution is 0.0807. The number of ether oxygens (including phenoxy) is 1. The molecule has 0 aliphatic carbocycles. The Morgan fingerprint density at radius 3 is 3.07 bits per heavy atom. The van der Waals surface area contributed by atoms with Gasteiger partial charge in [0.1, 0.15) is 0 Å². The van der Waals surface area contributed by atoms with Crippen molar-refractivity contribution in [1.82, 2.24) is 9.78 Å². The summed E-state index contributed by atoms with van der Waals surface area (Å²) in [5, 5.41) is 14.1. The summed E-state index contributed by atoms with van der Waals surface area (Å²) < 4.78 is 7.21. The lowest BCUT2D eigenvalue weighted by Crippen LogP contribution is -2.23.